The summed E-state index contributed by atoms with van der Waals surface area (Å²) < 4.78 is 38.1. The molecule has 1 atom stereocenters. The first kappa shape index (κ1) is 25.8. The van der Waals surface area contributed by atoms with Gasteiger partial charge in [0.05, 0.1) is 0 Å². The van der Waals surface area contributed by atoms with Gasteiger partial charge in [-0.15, -0.1) is 0 Å². The van der Waals surface area contributed by atoms with E-state index in [-0.39, 0.29) is 25.2 Å². The number of nitrogens with zero attached hydrogens (tertiary/aromatic N) is 1. The highest BCUT2D eigenvalue weighted by Crippen LogP contribution is 2.35. The number of amides is 1. The van der Waals surface area contributed by atoms with Gasteiger partial charge in [0.1, 0.15) is 24.4 Å². The Morgan fingerprint density at radius 2 is 1.93 bits per heavy atom. The largest absolute Gasteiger partial charge is 0.462 e. The van der Waals surface area contributed by atoms with Gasteiger partial charge in [-0.25, -0.2) is 13.6 Å². The molecule has 1 fully saturated rings. The van der Waals surface area contributed by atoms with Crippen molar-refractivity contribution < 1.29 is 33.0 Å². The minimum absolute atomic E-state index is 0.00326. The van der Waals surface area contributed by atoms with Crippen molar-refractivity contribution in [1.29, 1.82) is 0 Å². The molecule has 0 saturated carbocycles. The maximum atomic E-state index is 14.2. The zero-order valence-electron chi connectivity index (χ0n) is 18.0. The Balaban J connectivity index is 0.000000553. The zero-order chi connectivity index (χ0) is 22.8. The van der Waals surface area contributed by atoms with E-state index in [1.54, 1.807) is 36.2 Å². The van der Waals surface area contributed by atoms with Crippen molar-refractivity contribution in [2.75, 3.05) is 26.7 Å². The highest BCUT2D eigenvalue weighted by Gasteiger charge is 2.55. The van der Waals surface area contributed by atoms with E-state index in [0.29, 0.717) is 19.4 Å². The molecule has 0 radical (unpaired) electrons. The molecule has 1 aliphatic rings. The first-order valence-corrected chi connectivity index (χ1v) is 9.72. The Hall–Kier alpha value is -2.26. The quantitative estimate of drug-likeness (QED) is 0.675. The number of aliphatic hydroxyl groups excluding tert-OH is 1. The number of hydrogen-bond donors (Lipinski definition) is 2. The smallest absolute Gasteiger partial charge is 0.408 e. The molecule has 1 heterocycles. The Morgan fingerprint density at radius 1 is 1.30 bits per heavy atom. The standard InChI is InChI=1S/C16H22F2N2O3.C5H10O2/c1-20-9-5-8-15(11-20,16(17,18)12-21)19-14(22)23-10-13-6-3-2-4-7-13;1-5(2,3)7-4-6/h2-4,6-7,21H,5,8-12H2,1H3,(H,19,22);4H,1-3H3. The van der Waals surface area contributed by atoms with Crippen LogP contribution < -0.4 is 5.32 Å². The maximum absolute atomic E-state index is 14.2. The van der Waals surface area contributed by atoms with Gasteiger partial charge < -0.3 is 24.8 Å². The number of rotatable bonds is 6. The molecule has 0 aromatic heterocycles. The summed E-state index contributed by atoms with van der Waals surface area (Å²) in [6.45, 7) is 5.23. The molecule has 1 amide bonds. The van der Waals surface area contributed by atoms with Gasteiger partial charge in [-0.3, -0.25) is 4.79 Å². The predicted molar refractivity (Wildman–Crippen MR) is 108 cm³/mol. The second-order valence-corrected chi connectivity index (χ2v) is 8.30. The Kier molecular flexibility index (Phi) is 9.64. The topological polar surface area (TPSA) is 88.1 Å². The molecule has 2 N–H and O–H groups in total. The zero-order valence-corrected chi connectivity index (χ0v) is 18.0. The number of hydrogen-bond acceptors (Lipinski definition) is 6. The lowest BCUT2D eigenvalue weighted by Gasteiger charge is -2.45. The molecule has 2 rings (SSSR count). The van der Waals surface area contributed by atoms with Crippen LogP contribution in [-0.2, 0) is 20.9 Å². The van der Waals surface area contributed by atoms with Crippen LogP contribution in [0.3, 0.4) is 0 Å². The first-order chi connectivity index (χ1) is 13.9. The fraction of sp³-hybridized carbons (Fsp3) is 0.619. The fourth-order valence-electron chi connectivity index (χ4n) is 3.01. The van der Waals surface area contributed by atoms with E-state index in [1.807, 2.05) is 26.8 Å². The van der Waals surface area contributed by atoms with Gasteiger partial charge in [0.25, 0.3) is 12.4 Å². The number of alkyl carbamates (subject to hydrolysis) is 1. The molecule has 1 unspecified atom stereocenters. The van der Waals surface area contributed by atoms with Crippen LogP contribution in [0.1, 0.15) is 39.2 Å². The molecule has 0 spiro atoms. The highest BCUT2D eigenvalue weighted by atomic mass is 19.3. The summed E-state index contributed by atoms with van der Waals surface area (Å²) in [7, 11) is 1.71. The number of alkyl halides is 2. The summed E-state index contributed by atoms with van der Waals surface area (Å²) in [4.78, 5) is 23.3. The van der Waals surface area contributed by atoms with Crippen LogP contribution in [0, 0.1) is 0 Å². The molecule has 0 aliphatic carbocycles. The minimum Gasteiger partial charge on any atom is -0.462 e. The lowest BCUT2D eigenvalue weighted by atomic mass is 9.83. The molecular formula is C21H32F2N2O5. The van der Waals surface area contributed by atoms with E-state index >= 15 is 0 Å². The van der Waals surface area contributed by atoms with Crippen LogP contribution >= 0.6 is 0 Å². The van der Waals surface area contributed by atoms with Crippen molar-refractivity contribution in [2.24, 2.45) is 0 Å². The van der Waals surface area contributed by atoms with Gasteiger partial charge in [0, 0.05) is 6.54 Å². The summed E-state index contributed by atoms with van der Waals surface area (Å²) in [5.41, 5.74) is -1.36. The third-order valence-corrected chi connectivity index (χ3v) is 4.54. The molecule has 1 aromatic carbocycles. The summed E-state index contributed by atoms with van der Waals surface area (Å²) in [6, 6.07) is 8.99. The van der Waals surface area contributed by atoms with Crippen LogP contribution in [0.15, 0.2) is 30.3 Å². The fourth-order valence-corrected chi connectivity index (χ4v) is 3.01. The molecular weight excluding hydrogens is 398 g/mol. The van der Waals surface area contributed by atoms with Gasteiger partial charge in [-0.2, -0.15) is 0 Å². The Labute approximate surface area is 176 Å². The third kappa shape index (κ3) is 8.23. The van der Waals surface area contributed by atoms with Gasteiger partial charge in [-0.1, -0.05) is 30.3 Å². The molecule has 0 bridgehead atoms. The van der Waals surface area contributed by atoms with Crippen molar-refractivity contribution in [2.45, 2.75) is 57.3 Å². The van der Waals surface area contributed by atoms with Crippen molar-refractivity contribution in [3.63, 3.8) is 0 Å². The number of halogens is 2. The summed E-state index contributed by atoms with van der Waals surface area (Å²) in [5, 5.41) is 11.4. The van der Waals surface area contributed by atoms with Gasteiger partial charge in [0.2, 0.25) is 0 Å². The number of carbonyl (C=O) groups excluding carboxylic acids is 2. The Bertz CT molecular complexity index is 667. The predicted octanol–water partition coefficient (Wildman–Crippen LogP) is 2.96. The van der Waals surface area contributed by atoms with Gasteiger partial charge >= 0.3 is 6.09 Å². The molecule has 7 nitrogen and oxygen atoms in total. The van der Waals surface area contributed by atoms with E-state index in [1.165, 1.54) is 0 Å². The lowest BCUT2D eigenvalue weighted by molar-refractivity contribution is -0.139. The molecule has 1 saturated heterocycles. The van der Waals surface area contributed by atoms with E-state index in [4.69, 9.17) is 9.84 Å². The van der Waals surface area contributed by atoms with Crippen LogP contribution in [-0.4, -0.2) is 66.4 Å². The van der Waals surface area contributed by atoms with Crippen molar-refractivity contribution in [3.8, 4) is 0 Å². The molecule has 9 heteroatoms. The van der Waals surface area contributed by atoms with E-state index in [2.05, 4.69) is 10.1 Å². The van der Waals surface area contributed by atoms with E-state index in [9.17, 15) is 18.4 Å². The van der Waals surface area contributed by atoms with Crippen LogP contribution in [0.25, 0.3) is 0 Å². The number of benzene rings is 1. The normalized spacial score (nSPS) is 19.8. The highest BCUT2D eigenvalue weighted by molar-refractivity contribution is 5.68. The van der Waals surface area contributed by atoms with Crippen LogP contribution in [0.5, 0.6) is 0 Å². The average Bonchev–Trinajstić information content (AvgIpc) is 2.66. The number of ether oxygens (including phenoxy) is 2. The number of likely N-dealkylation sites (N-methyl/N-ethyl adjacent to an activating group) is 1. The number of likely N-dealkylation sites (tertiary alicyclic amines) is 1. The second-order valence-electron chi connectivity index (χ2n) is 8.30. The number of carbonyl (C=O) groups is 2. The summed E-state index contributed by atoms with van der Waals surface area (Å²) >= 11 is 0. The summed E-state index contributed by atoms with van der Waals surface area (Å²) in [6.07, 6.45) is -0.312. The third-order valence-electron chi connectivity index (χ3n) is 4.54. The van der Waals surface area contributed by atoms with Crippen molar-refractivity contribution in [1.82, 2.24) is 10.2 Å². The van der Waals surface area contributed by atoms with Gasteiger partial charge in [0.15, 0.2) is 0 Å². The van der Waals surface area contributed by atoms with E-state index < -0.39 is 24.2 Å². The number of nitrogens with one attached hydrogen (secondary N) is 1. The average molecular weight is 430 g/mol. The summed E-state index contributed by atoms with van der Waals surface area (Å²) in [5.74, 6) is -3.42. The maximum Gasteiger partial charge on any atom is 0.408 e. The van der Waals surface area contributed by atoms with Crippen LogP contribution in [0.4, 0.5) is 13.6 Å². The number of piperidine rings is 1. The van der Waals surface area contributed by atoms with Gasteiger partial charge in [-0.05, 0) is 52.8 Å². The van der Waals surface area contributed by atoms with Crippen LogP contribution in [0.2, 0.25) is 0 Å². The lowest BCUT2D eigenvalue weighted by Crippen LogP contribution is -2.68. The minimum atomic E-state index is -3.42. The SMILES string of the molecule is CC(C)(C)OC=O.CN1CCCC(NC(=O)OCc2ccccc2)(C(F)(F)CO)C1. The first-order valence-electron chi connectivity index (χ1n) is 9.72. The second kappa shape index (κ2) is 11.2. The molecule has 1 aromatic rings. The molecule has 1 aliphatic heterocycles. The van der Waals surface area contributed by atoms with Crippen molar-refractivity contribution >= 4 is 12.6 Å². The van der Waals surface area contributed by atoms with Crippen molar-refractivity contribution in [3.05, 3.63) is 35.9 Å². The monoisotopic (exact) mass is 430 g/mol. The molecule has 30 heavy (non-hydrogen) atoms. The number of aliphatic hydroxyl groups is 1. The molecule has 170 valence electrons. The Morgan fingerprint density at radius 3 is 2.40 bits per heavy atom. The van der Waals surface area contributed by atoms with E-state index in [0.717, 1.165) is 5.56 Å².